The lowest BCUT2D eigenvalue weighted by Crippen LogP contribution is -2.29. The van der Waals surface area contributed by atoms with Crippen LogP contribution < -0.4 is 4.72 Å². The van der Waals surface area contributed by atoms with Crippen LogP contribution in [-0.4, -0.2) is 20.1 Å². The number of halogens is 1. The standard InChI is InChI=1S/C16H18FNO3S/c1-11-7-8-16(12(2)9-11)22(20,21)18-10-15(19)13-5-3-4-6-14(13)17/h3-9,15,18-19H,10H2,1-2H3. The Balaban J connectivity index is 2.15. The number of hydrogen-bond donors (Lipinski definition) is 2. The molecule has 0 aromatic heterocycles. The minimum Gasteiger partial charge on any atom is -0.387 e. The van der Waals surface area contributed by atoms with E-state index in [4.69, 9.17) is 0 Å². The van der Waals surface area contributed by atoms with Gasteiger partial charge in [-0.3, -0.25) is 0 Å². The molecule has 0 aliphatic rings. The number of aliphatic hydroxyl groups is 1. The van der Waals surface area contributed by atoms with Gasteiger partial charge in [0.25, 0.3) is 0 Å². The van der Waals surface area contributed by atoms with E-state index in [2.05, 4.69) is 4.72 Å². The third-order valence-corrected chi connectivity index (χ3v) is 4.93. The van der Waals surface area contributed by atoms with Crippen molar-refractivity contribution in [2.75, 3.05) is 6.54 Å². The van der Waals surface area contributed by atoms with Gasteiger partial charge < -0.3 is 5.11 Å². The zero-order valence-corrected chi connectivity index (χ0v) is 13.2. The number of aliphatic hydroxyl groups excluding tert-OH is 1. The number of hydrogen-bond acceptors (Lipinski definition) is 3. The largest absolute Gasteiger partial charge is 0.387 e. The second-order valence-electron chi connectivity index (χ2n) is 5.16. The average Bonchev–Trinajstić information content (AvgIpc) is 2.45. The van der Waals surface area contributed by atoms with Gasteiger partial charge in [-0.25, -0.2) is 17.5 Å². The van der Waals surface area contributed by atoms with Crippen LogP contribution in [0.1, 0.15) is 22.8 Å². The summed E-state index contributed by atoms with van der Waals surface area (Å²) in [6.45, 7) is 3.28. The van der Waals surface area contributed by atoms with Crippen LogP contribution in [0.15, 0.2) is 47.4 Å². The summed E-state index contributed by atoms with van der Waals surface area (Å²) < 4.78 is 40.4. The summed E-state index contributed by atoms with van der Waals surface area (Å²) >= 11 is 0. The predicted molar refractivity (Wildman–Crippen MR) is 82.5 cm³/mol. The number of nitrogens with one attached hydrogen (secondary N) is 1. The molecule has 4 nitrogen and oxygen atoms in total. The van der Waals surface area contributed by atoms with Crippen LogP contribution in [-0.2, 0) is 10.0 Å². The van der Waals surface area contributed by atoms with E-state index in [1.54, 1.807) is 25.1 Å². The fourth-order valence-corrected chi connectivity index (χ4v) is 3.49. The minimum absolute atomic E-state index is 0.0610. The van der Waals surface area contributed by atoms with E-state index in [0.29, 0.717) is 5.56 Å². The first-order chi connectivity index (χ1) is 10.3. The molecule has 0 aliphatic heterocycles. The second kappa shape index (κ2) is 6.56. The van der Waals surface area contributed by atoms with Gasteiger partial charge in [-0.05, 0) is 31.5 Å². The molecule has 2 aromatic carbocycles. The lowest BCUT2D eigenvalue weighted by Gasteiger charge is -2.14. The van der Waals surface area contributed by atoms with E-state index < -0.39 is 21.9 Å². The summed E-state index contributed by atoms with van der Waals surface area (Å²) in [7, 11) is -3.76. The highest BCUT2D eigenvalue weighted by Crippen LogP contribution is 2.19. The molecule has 0 saturated heterocycles. The van der Waals surface area contributed by atoms with Gasteiger partial charge in [-0.15, -0.1) is 0 Å². The van der Waals surface area contributed by atoms with Crippen molar-refractivity contribution < 1.29 is 17.9 Å². The lowest BCUT2D eigenvalue weighted by atomic mass is 10.1. The quantitative estimate of drug-likeness (QED) is 0.888. The van der Waals surface area contributed by atoms with E-state index in [1.807, 2.05) is 6.92 Å². The van der Waals surface area contributed by atoms with E-state index in [0.717, 1.165) is 5.56 Å². The molecule has 1 unspecified atom stereocenters. The minimum atomic E-state index is -3.76. The smallest absolute Gasteiger partial charge is 0.240 e. The van der Waals surface area contributed by atoms with Crippen molar-refractivity contribution in [1.82, 2.24) is 4.72 Å². The molecule has 6 heteroatoms. The fourth-order valence-electron chi connectivity index (χ4n) is 2.22. The van der Waals surface area contributed by atoms with Crippen molar-refractivity contribution in [2.24, 2.45) is 0 Å². The van der Waals surface area contributed by atoms with Gasteiger partial charge in [0.15, 0.2) is 0 Å². The third kappa shape index (κ3) is 3.71. The normalized spacial score (nSPS) is 13.1. The first-order valence-corrected chi connectivity index (χ1v) is 8.29. The summed E-state index contributed by atoms with van der Waals surface area (Å²) in [5, 5.41) is 9.96. The van der Waals surface area contributed by atoms with Crippen molar-refractivity contribution in [3.63, 3.8) is 0 Å². The van der Waals surface area contributed by atoms with Gasteiger partial charge in [-0.1, -0.05) is 35.9 Å². The number of sulfonamides is 1. The molecule has 0 fully saturated rings. The summed E-state index contributed by atoms with van der Waals surface area (Å²) in [6, 6.07) is 10.7. The summed E-state index contributed by atoms with van der Waals surface area (Å²) in [4.78, 5) is 0.152. The first-order valence-electron chi connectivity index (χ1n) is 6.80. The topological polar surface area (TPSA) is 66.4 Å². The van der Waals surface area contributed by atoms with E-state index in [9.17, 15) is 17.9 Å². The number of rotatable bonds is 5. The zero-order valence-electron chi connectivity index (χ0n) is 12.4. The monoisotopic (exact) mass is 323 g/mol. The van der Waals surface area contributed by atoms with E-state index >= 15 is 0 Å². The third-order valence-electron chi connectivity index (χ3n) is 3.35. The van der Waals surface area contributed by atoms with Crippen molar-refractivity contribution in [3.8, 4) is 0 Å². The maximum absolute atomic E-state index is 13.6. The molecular formula is C16H18FNO3S. The summed E-state index contributed by atoms with van der Waals surface area (Å²) in [5.74, 6) is -0.569. The predicted octanol–water partition coefficient (Wildman–Crippen LogP) is 2.45. The molecule has 0 amide bonds. The average molecular weight is 323 g/mol. The van der Waals surface area contributed by atoms with Crippen molar-refractivity contribution in [1.29, 1.82) is 0 Å². The Morgan fingerprint density at radius 2 is 1.86 bits per heavy atom. The molecule has 0 saturated carbocycles. The van der Waals surface area contributed by atoms with Gasteiger partial charge in [0.2, 0.25) is 10.0 Å². The molecule has 0 heterocycles. The lowest BCUT2D eigenvalue weighted by molar-refractivity contribution is 0.177. The molecule has 22 heavy (non-hydrogen) atoms. The van der Waals surface area contributed by atoms with Gasteiger partial charge >= 0.3 is 0 Å². The molecule has 1 atom stereocenters. The van der Waals surface area contributed by atoms with Crippen LogP contribution in [0.4, 0.5) is 4.39 Å². The highest BCUT2D eigenvalue weighted by atomic mass is 32.2. The molecule has 2 aromatic rings. The Labute approximate surface area is 129 Å². The highest BCUT2D eigenvalue weighted by molar-refractivity contribution is 7.89. The van der Waals surface area contributed by atoms with Crippen LogP contribution >= 0.6 is 0 Å². The molecular weight excluding hydrogens is 305 g/mol. The maximum Gasteiger partial charge on any atom is 0.240 e. The molecule has 0 bridgehead atoms. The number of aryl methyl sites for hydroxylation is 2. The van der Waals surface area contributed by atoms with Gasteiger partial charge in [-0.2, -0.15) is 0 Å². The van der Waals surface area contributed by atoms with Crippen LogP contribution in [0.5, 0.6) is 0 Å². The van der Waals surface area contributed by atoms with Gasteiger partial charge in [0, 0.05) is 12.1 Å². The number of benzene rings is 2. The maximum atomic E-state index is 13.6. The van der Waals surface area contributed by atoms with Gasteiger partial charge in [0.1, 0.15) is 5.82 Å². The van der Waals surface area contributed by atoms with Crippen molar-refractivity contribution >= 4 is 10.0 Å². The molecule has 0 aliphatic carbocycles. The molecule has 118 valence electrons. The zero-order chi connectivity index (χ0) is 16.3. The summed E-state index contributed by atoms with van der Waals surface area (Å²) in [6.07, 6.45) is -1.25. The van der Waals surface area contributed by atoms with E-state index in [1.165, 1.54) is 24.3 Å². The molecule has 0 radical (unpaired) electrons. The van der Waals surface area contributed by atoms with Crippen LogP contribution in [0.25, 0.3) is 0 Å². The Morgan fingerprint density at radius 3 is 2.50 bits per heavy atom. The van der Waals surface area contributed by atoms with Crippen LogP contribution in [0, 0.1) is 19.7 Å². The molecule has 2 rings (SSSR count). The van der Waals surface area contributed by atoms with Crippen LogP contribution in [0.3, 0.4) is 0 Å². The van der Waals surface area contributed by atoms with Crippen LogP contribution in [0.2, 0.25) is 0 Å². The fraction of sp³-hybridized carbons (Fsp3) is 0.250. The van der Waals surface area contributed by atoms with Crippen molar-refractivity contribution in [3.05, 3.63) is 65.0 Å². The van der Waals surface area contributed by atoms with E-state index in [-0.39, 0.29) is 17.0 Å². The van der Waals surface area contributed by atoms with Gasteiger partial charge in [0.05, 0.1) is 11.0 Å². The Kier molecular flexibility index (Phi) is 4.95. The molecule has 2 N–H and O–H groups in total. The SMILES string of the molecule is Cc1ccc(S(=O)(=O)NCC(O)c2ccccc2F)c(C)c1. The first kappa shape index (κ1) is 16.6. The molecule has 0 spiro atoms. The highest BCUT2D eigenvalue weighted by Gasteiger charge is 2.19. The van der Waals surface area contributed by atoms with Crippen molar-refractivity contribution in [2.45, 2.75) is 24.8 Å². The Morgan fingerprint density at radius 1 is 1.18 bits per heavy atom. The Bertz CT molecular complexity index is 775. The Hall–Kier alpha value is -1.76. The summed E-state index contributed by atoms with van der Waals surface area (Å²) in [5.41, 5.74) is 1.64. The second-order valence-corrected chi connectivity index (χ2v) is 6.89.